The number of nitrogens with one attached hydrogen (secondary N) is 1. The van der Waals surface area contributed by atoms with Gasteiger partial charge in [0.05, 0.1) is 20.3 Å². The molecule has 2 aromatic carbocycles. The molecule has 0 unspecified atom stereocenters. The first kappa shape index (κ1) is 16.1. The highest BCUT2D eigenvalue weighted by molar-refractivity contribution is 7.18. The molecule has 0 spiro atoms. The van der Waals surface area contributed by atoms with Crippen molar-refractivity contribution in [2.24, 2.45) is 0 Å². The molecule has 3 rings (SSSR count). The zero-order valence-electron chi connectivity index (χ0n) is 12.1. The number of carbonyl (C=O) groups excluding carboxylic acids is 1. The predicted molar refractivity (Wildman–Crippen MR) is 94.7 cm³/mol. The summed E-state index contributed by atoms with van der Waals surface area (Å²) in [6, 6.07) is 11.1. The number of amides is 1. The van der Waals surface area contributed by atoms with Gasteiger partial charge in [-0.15, -0.1) is 11.3 Å². The number of benzene rings is 2. The van der Waals surface area contributed by atoms with Crippen LogP contribution in [0.25, 0.3) is 10.2 Å². The molecule has 0 atom stereocenters. The largest absolute Gasteiger partial charge is 0.483 e. The molecule has 0 radical (unpaired) electrons. The van der Waals surface area contributed by atoms with E-state index in [4.69, 9.17) is 27.9 Å². The first-order chi connectivity index (χ1) is 11.0. The quantitative estimate of drug-likeness (QED) is 0.695. The van der Waals surface area contributed by atoms with Crippen LogP contribution in [0.2, 0.25) is 10.0 Å². The second-order valence-electron chi connectivity index (χ2n) is 4.81. The lowest BCUT2D eigenvalue weighted by atomic mass is 10.3. The Hall–Kier alpha value is -1.82. The number of para-hydroxylation sites is 1. The minimum absolute atomic E-state index is 0.194. The molecule has 0 aliphatic rings. The predicted octanol–water partition coefficient (Wildman–Crippen LogP) is 5.14. The van der Waals surface area contributed by atoms with Gasteiger partial charge in [0.2, 0.25) is 5.91 Å². The maximum atomic E-state index is 11.1. The number of carbonyl (C=O) groups is 1. The molecule has 1 aromatic heterocycles. The molecule has 118 valence electrons. The van der Waals surface area contributed by atoms with Crippen LogP contribution < -0.4 is 10.1 Å². The molecule has 0 aliphatic heterocycles. The highest BCUT2D eigenvalue weighted by Crippen LogP contribution is 2.37. The van der Waals surface area contributed by atoms with E-state index in [9.17, 15) is 4.79 Å². The van der Waals surface area contributed by atoms with Gasteiger partial charge in [-0.2, -0.15) is 0 Å². The van der Waals surface area contributed by atoms with Crippen LogP contribution >= 0.6 is 34.5 Å². The van der Waals surface area contributed by atoms with Crippen molar-refractivity contribution in [3.8, 4) is 5.75 Å². The number of ether oxygens (including phenoxy) is 1. The number of nitrogens with zero attached hydrogens (tertiary/aromatic N) is 1. The van der Waals surface area contributed by atoms with Crippen LogP contribution in [0, 0.1) is 0 Å². The zero-order chi connectivity index (χ0) is 16.4. The molecule has 0 aliphatic carbocycles. The van der Waals surface area contributed by atoms with E-state index in [0.717, 1.165) is 15.2 Å². The molecule has 1 N–H and O–H groups in total. The van der Waals surface area contributed by atoms with E-state index in [0.29, 0.717) is 21.5 Å². The van der Waals surface area contributed by atoms with E-state index in [1.165, 1.54) is 6.92 Å². The van der Waals surface area contributed by atoms with Crippen molar-refractivity contribution in [3.63, 3.8) is 0 Å². The smallest absolute Gasteiger partial charge is 0.221 e. The Balaban J connectivity index is 1.78. The van der Waals surface area contributed by atoms with Gasteiger partial charge >= 0.3 is 0 Å². The van der Waals surface area contributed by atoms with Crippen LogP contribution in [0.15, 0.2) is 36.4 Å². The van der Waals surface area contributed by atoms with Crippen molar-refractivity contribution in [1.29, 1.82) is 0 Å². The monoisotopic (exact) mass is 366 g/mol. The van der Waals surface area contributed by atoms with Crippen LogP contribution in [0.4, 0.5) is 5.69 Å². The van der Waals surface area contributed by atoms with E-state index in [-0.39, 0.29) is 12.5 Å². The van der Waals surface area contributed by atoms with Gasteiger partial charge in [-0.05, 0) is 24.3 Å². The maximum absolute atomic E-state index is 11.1. The second kappa shape index (κ2) is 6.74. The number of rotatable bonds is 4. The summed E-state index contributed by atoms with van der Waals surface area (Å²) in [6.07, 6.45) is 0. The number of thiazole rings is 1. The average molecular weight is 367 g/mol. The van der Waals surface area contributed by atoms with Gasteiger partial charge in [-0.25, -0.2) is 4.98 Å². The molecular weight excluding hydrogens is 355 g/mol. The highest BCUT2D eigenvalue weighted by atomic mass is 35.5. The van der Waals surface area contributed by atoms with Crippen LogP contribution in [0.5, 0.6) is 5.75 Å². The van der Waals surface area contributed by atoms with E-state index in [1.54, 1.807) is 23.5 Å². The molecule has 3 aromatic rings. The number of anilines is 1. The third-order valence-electron chi connectivity index (χ3n) is 3.00. The fourth-order valence-electron chi connectivity index (χ4n) is 2.09. The van der Waals surface area contributed by atoms with E-state index < -0.39 is 0 Å². The van der Waals surface area contributed by atoms with Gasteiger partial charge in [0, 0.05) is 12.6 Å². The summed E-state index contributed by atoms with van der Waals surface area (Å²) in [5, 5.41) is 4.14. The SMILES string of the molecule is CC(=O)Nc1cc(Cl)c(OCc2nc3ccccc3s2)c(Cl)c1. The summed E-state index contributed by atoms with van der Waals surface area (Å²) in [6.45, 7) is 1.69. The first-order valence-corrected chi connectivity index (χ1v) is 8.34. The first-order valence-electron chi connectivity index (χ1n) is 6.77. The highest BCUT2D eigenvalue weighted by Gasteiger charge is 2.12. The number of halogens is 2. The number of hydrogen-bond donors (Lipinski definition) is 1. The van der Waals surface area contributed by atoms with Gasteiger partial charge in [0.1, 0.15) is 11.6 Å². The molecule has 1 heterocycles. The molecule has 23 heavy (non-hydrogen) atoms. The van der Waals surface area contributed by atoms with Crippen molar-refractivity contribution in [3.05, 3.63) is 51.5 Å². The van der Waals surface area contributed by atoms with Crippen LogP contribution in [-0.2, 0) is 11.4 Å². The summed E-state index contributed by atoms with van der Waals surface area (Å²) in [5.74, 6) is 0.182. The molecule has 1 amide bonds. The van der Waals surface area contributed by atoms with E-state index >= 15 is 0 Å². The van der Waals surface area contributed by atoms with Crippen molar-refractivity contribution in [1.82, 2.24) is 4.98 Å². The molecule has 4 nitrogen and oxygen atoms in total. The molecule has 0 bridgehead atoms. The standard InChI is InChI=1S/C16H12Cl2N2O2S/c1-9(21)19-10-6-11(17)16(12(18)7-10)22-8-15-20-13-4-2-3-5-14(13)23-15/h2-7H,8H2,1H3,(H,19,21). The lowest BCUT2D eigenvalue weighted by Crippen LogP contribution is -2.06. The van der Waals surface area contributed by atoms with Gasteiger partial charge in [-0.3, -0.25) is 4.79 Å². The summed E-state index contributed by atoms with van der Waals surface area (Å²) >= 11 is 13.9. The molecule has 0 saturated heterocycles. The molecule has 0 fully saturated rings. The Morgan fingerprint density at radius 1 is 1.26 bits per heavy atom. The van der Waals surface area contributed by atoms with Crippen molar-refractivity contribution in [2.45, 2.75) is 13.5 Å². The van der Waals surface area contributed by atoms with Gasteiger partial charge in [0.15, 0.2) is 5.75 Å². The second-order valence-corrected chi connectivity index (χ2v) is 6.74. The fourth-order valence-corrected chi connectivity index (χ4v) is 3.57. The Morgan fingerprint density at radius 3 is 2.61 bits per heavy atom. The topological polar surface area (TPSA) is 51.2 Å². The average Bonchev–Trinajstić information content (AvgIpc) is 2.88. The Morgan fingerprint density at radius 2 is 1.96 bits per heavy atom. The number of hydrogen-bond acceptors (Lipinski definition) is 4. The van der Waals surface area contributed by atoms with Crippen LogP contribution in [-0.4, -0.2) is 10.9 Å². The van der Waals surface area contributed by atoms with Gasteiger partial charge in [0.25, 0.3) is 0 Å². The zero-order valence-corrected chi connectivity index (χ0v) is 14.4. The Kier molecular flexibility index (Phi) is 4.71. The van der Waals surface area contributed by atoms with Crippen molar-refractivity contribution >= 4 is 56.3 Å². The Labute approximate surface area is 147 Å². The summed E-state index contributed by atoms with van der Waals surface area (Å²) in [7, 11) is 0. The molecular formula is C16H12Cl2N2O2S. The molecule has 7 heteroatoms. The lowest BCUT2D eigenvalue weighted by molar-refractivity contribution is -0.114. The minimum Gasteiger partial charge on any atom is -0.483 e. The lowest BCUT2D eigenvalue weighted by Gasteiger charge is -2.11. The van der Waals surface area contributed by atoms with Gasteiger partial charge in [-0.1, -0.05) is 35.3 Å². The summed E-state index contributed by atoms with van der Waals surface area (Å²) in [4.78, 5) is 15.6. The molecule has 0 saturated carbocycles. The van der Waals surface area contributed by atoms with Crippen LogP contribution in [0.1, 0.15) is 11.9 Å². The number of aromatic nitrogens is 1. The number of fused-ring (bicyclic) bond motifs is 1. The van der Waals surface area contributed by atoms with E-state index in [1.807, 2.05) is 24.3 Å². The third kappa shape index (κ3) is 3.75. The minimum atomic E-state index is -0.194. The van der Waals surface area contributed by atoms with Crippen molar-refractivity contribution in [2.75, 3.05) is 5.32 Å². The van der Waals surface area contributed by atoms with Crippen LogP contribution in [0.3, 0.4) is 0 Å². The third-order valence-corrected chi connectivity index (χ3v) is 4.57. The van der Waals surface area contributed by atoms with Crippen molar-refractivity contribution < 1.29 is 9.53 Å². The summed E-state index contributed by atoms with van der Waals surface area (Å²) < 4.78 is 6.82. The summed E-state index contributed by atoms with van der Waals surface area (Å²) in [5.41, 5.74) is 1.47. The normalized spacial score (nSPS) is 10.7. The fraction of sp³-hybridized carbons (Fsp3) is 0.125. The Bertz CT molecular complexity index is 823. The van der Waals surface area contributed by atoms with E-state index in [2.05, 4.69) is 10.3 Å². The maximum Gasteiger partial charge on any atom is 0.221 e. The van der Waals surface area contributed by atoms with Gasteiger partial charge < -0.3 is 10.1 Å².